The number of benzene rings is 2. The summed E-state index contributed by atoms with van der Waals surface area (Å²) in [7, 11) is 0. The molecule has 3 rings (SSSR count). The van der Waals surface area contributed by atoms with Crippen LogP contribution >= 0.6 is 0 Å². The second-order valence-electron chi connectivity index (χ2n) is 6.16. The van der Waals surface area contributed by atoms with E-state index < -0.39 is 23.1 Å². The molecule has 0 fully saturated rings. The van der Waals surface area contributed by atoms with Crippen LogP contribution in [0.1, 0.15) is 51.1 Å². The molecular formula is C20H17F3O3. The highest BCUT2D eigenvalue weighted by atomic mass is 19.4. The van der Waals surface area contributed by atoms with E-state index in [4.69, 9.17) is 4.74 Å². The van der Waals surface area contributed by atoms with Gasteiger partial charge in [0.2, 0.25) is 0 Å². The van der Waals surface area contributed by atoms with Crippen molar-refractivity contribution < 1.29 is 27.5 Å². The van der Waals surface area contributed by atoms with Crippen molar-refractivity contribution in [2.45, 2.75) is 31.9 Å². The van der Waals surface area contributed by atoms with Crippen LogP contribution in [-0.4, -0.2) is 18.2 Å². The quantitative estimate of drug-likeness (QED) is 0.712. The minimum atomic E-state index is -4.61. The van der Waals surface area contributed by atoms with Crippen molar-refractivity contribution in [1.29, 1.82) is 0 Å². The molecule has 0 spiro atoms. The maximum Gasteiger partial charge on any atom is 0.417 e. The lowest BCUT2D eigenvalue weighted by Crippen LogP contribution is -2.14. The molecule has 2 aromatic rings. The number of Topliss-reactive ketones (excluding diaryl/α,β-unsaturated/α-hetero) is 2. The standard InChI is InChI=1S/C20H17F3O3/c21-20(22,23)16-6-2-1-5-15(16)18(25)10-9-17(24)14-8-7-13-4-3-11-26-19(13)12-14/h1-2,5-8,12H,3-4,9-11H2. The molecule has 0 saturated heterocycles. The van der Waals surface area contributed by atoms with Crippen LogP contribution in [0.4, 0.5) is 13.2 Å². The number of rotatable bonds is 5. The Morgan fingerprint density at radius 3 is 2.50 bits per heavy atom. The highest BCUT2D eigenvalue weighted by Crippen LogP contribution is 2.32. The maximum atomic E-state index is 13.0. The Kier molecular flexibility index (Phi) is 5.11. The van der Waals surface area contributed by atoms with Crippen LogP contribution in [-0.2, 0) is 12.6 Å². The molecule has 0 atom stereocenters. The topological polar surface area (TPSA) is 43.4 Å². The molecule has 1 heterocycles. The number of carbonyl (C=O) groups is 2. The van der Waals surface area contributed by atoms with E-state index in [2.05, 4.69) is 0 Å². The number of ether oxygens (including phenoxy) is 1. The van der Waals surface area contributed by atoms with Crippen LogP contribution in [0.2, 0.25) is 0 Å². The third-order valence-corrected chi connectivity index (χ3v) is 4.35. The zero-order valence-electron chi connectivity index (χ0n) is 13.9. The zero-order valence-corrected chi connectivity index (χ0v) is 13.9. The number of halogens is 3. The van der Waals surface area contributed by atoms with E-state index in [0.717, 1.165) is 30.5 Å². The molecule has 0 bridgehead atoms. The predicted molar refractivity (Wildman–Crippen MR) is 89.6 cm³/mol. The van der Waals surface area contributed by atoms with Crippen LogP contribution in [0.15, 0.2) is 42.5 Å². The molecule has 0 radical (unpaired) electrons. The summed E-state index contributed by atoms with van der Waals surface area (Å²) in [5, 5.41) is 0. The summed E-state index contributed by atoms with van der Waals surface area (Å²) in [6.07, 6.45) is -3.22. The number of alkyl halides is 3. The average Bonchev–Trinajstić information content (AvgIpc) is 2.64. The van der Waals surface area contributed by atoms with Crippen LogP contribution in [0, 0.1) is 0 Å². The maximum absolute atomic E-state index is 13.0. The highest BCUT2D eigenvalue weighted by Gasteiger charge is 2.34. The minimum Gasteiger partial charge on any atom is -0.493 e. The smallest absolute Gasteiger partial charge is 0.417 e. The largest absolute Gasteiger partial charge is 0.493 e. The number of hydrogen-bond donors (Lipinski definition) is 0. The highest BCUT2D eigenvalue weighted by molar-refractivity contribution is 6.03. The van der Waals surface area contributed by atoms with Gasteiger partial charge in [-0.1, -0.05) is 30.3 Å². The van der Waals surface area contributed by atoms with Crippen LogP contribution in [0.5, 0.6) is 5.75 Å². The summed E-state index contributed by atoms with van der Waals surface area (Å²) in [6.45, 7) is 0.595. The Morgan fingerprint density at radius 1 is 1.00 bits per heavy atom. The molecule has 0 N–H and O–H groups in total. The van der Waals surface area contributed by atoms with E-state index in [-0.39, 0.29) is 18.6 Å². The lowest BCUT2D eigenvalue weighted by molar-refractivity contribution is -0.137. The van der Waals surface area contributed by atoms with Gasteiger partial charge >= 0.3 is 6.18 Å². The summed E-state index contributed by atoms with van der Waals surface area (Å²) in [5.41, 5.74) is 0.0618. The van der Waals surface area contributed by atoms with Gasteiger partial charge in [-0.25, -0.2) is 0 Å². The van der Waals surface area contributed by atoms with E-state index in [1.54, 1.807) is 12.1 Å². The number of fused-ring (bicyclic) bond motifs is 1. The fourth-order valence-electron chi connectivity index (χ4n) is 2.99. The Hall–Kier alpha value is -2.63. The first kappa shape index (κ1) is 18.2. The third kappa shape index (κ3) is 3.95. The SMILES string of the molecule is O=C(CCC(=O)c1ccccc1C(F)(F)F)c1ccc2c(c1)OCCC2. The molecule has 1 aliphatic rings. The van der Waals surface area contributed by atoms with Gasteiger partial charge in [0.05, 0.1) is 12.2 Å². The van der Waals surface area contributed by atoms with E-state index >= 15 is 0 Å². The lowest BCUT2D eigenvalue weighted by Gasteiger charge is -2.17. The summed E-state index contributed by atoms with van der Waals surface area (Å²) < 4.78 is 44.5. The predicted octanol–water partition coefficient (Wildman–Crippen LogP) is 4.88. The van der Waals surface area contributed by atoms with Gasteiger partial charge in [0.15, 0.2) is 11.6 Å². The fourth-order valence-corrected chi connectivity index (χ4v) is 2.99. The average molecular weight is 362 g/mol. The molecule has 3 nitrogen and oxygen atoms in total. The fraction of sp³-hybridized carbons (Fsp3) is 0.300. The van der Waals surface area contributed by atoms with Crippen molar-refractivity contribution in [3.05, 3.63) is 64.7 Å². The normalized spacial score (nSPS) is 13.7. The van der Waals surface area contributed by atoms with Crippen LogP contribution in [0.3, 0.4) is 0 Å². The van der Waals surface area contributed by atoms with Gasteiger partial charge < -0.3 is 4.74 Å². The first-order chi connectivity index (χ1) is 12.4. The Bertz CT molecular complexity index is 840. The molecular weight excluding hydrogens is 345 g/mol. The van der Waals surface area contributed by atoms with Crippen molar-refractivity contribution in [1.82, 2.24) is 0 Å². The molecule has 0 aromatic heterocycles. The molecule has 2 aromatic carbocycles. The summed E-state index contributed by atoms with van der Waals surface area (Å²) in [4.78, 5) is 24.5. The Labute approximate surface area is 148 Å². The van der Waals surface area contributed by atoms with Gasteiger partial charge in [0.25, 0.3) is 0 Å². The third-order valence-electron chi connectivity index (χ3n) is 4.35. The van der Waals surface area contributed by atoms with E-state index in [1.807, 2.05) is 6.07 Å². The first-order valence-corrected chi connectivity index (χ1v) is 8.34. The lowest BCUT2D eigenvalue weighted by atomic mass is 9.96. The van der Waals surface area contributed by atoms with Crippen molar-refractivity contribution in [3.8, 4) is 5.75 Å². The number of carbonyl (C=O) groups excluding carboxylic acids is 2. The zero-order chi connectivity index (χ0) is 18.7. The van der Waals surface area contributed by atoms with Gasteiger partial charge in [-0.05, 0) is 30.5 Å². The molecule has 0 amide bonds. The molecule has 0 aliphatic carbocycles. The second-order valence-corrected chi connectivity index (χ2v) is 6.16. The molecule has 0 unspecified atom stereocenters. The van der Waals surface area contributed by atoms with Gasteiger partial charge in [0.1, 0.15) is 5.75 Å². The van der Waals surface area contributed by atoms with Gasteiger partial charge in [-0.15, -0.1) is 0 Å². The van der Waals surface area contributed by atoms with Gasteiger partial charge in [0, 0.05) is 24.0 Å². The monoisotopic (exact) mass is 362 g/mol. The molecule has 26 heavy (non-hydrogen) atoms. The van der Waals surface area contributed by atoms with Crippen molar-refractivity contribution >= 4 is 11.6 Å². The van der Waals surface area contributed by atoms with Crippen molar-refractivity contribution in [2.24, 2.45) is 0 Å². The molecule has 1 aliphatic heterocycles. The number of hydrogen-bond acceptors (Lipinski definition) is 3. The van der Waals surface area contributed by atoms with Gasteiger partial charge in [-0.2, -0.15) is 13.2 Å². The van der Waals surface area contributed by atoms with E-state index in [1.165, 1.54) is 12.1 Å². The van der Waals surface area contributed by atoms with Crippen LogP contribution in [0.25, 0.3) is 0 Å². The van der Waals surface area contributed by atoms with E-state index in [0.29, 0.717) is 17.9 Å². The summed E-state index contributed by atoms with van der Waals surface area (Å²) >= 11 is 0. The molecule has 136 valence electrons. The second kappa shape index (κ2) is 7.32. The van der Waals surface area contributed by atoms with Crippen LogP contribution < -0.4 is 4.74 Å². The number of ketones is 2. The molecule has 6 heteroatoms. The van der Waals surface area contributed by atoms with Crippen molar-refractivity contribution in [3.63, 3.8) is 0 Å². The molecule has 0 saturated carbocycles. The van der Waals surface area contributed by atoms with Gasteiger partial charge in [-0.3, -0.25) is 9.59 Å². The van der Waals surface area contributed by atoms with E-state index in [9.17, 15) is 22.8 Å². The summed E-state index contributed by atoms with van der Waals surface area (Å²) in [6, 6.07) is 9.76. The first-order valence-electron chi connectivity index (χ1n) is 8.34. The Morgan fingerprint density at radius 2 is 1.73 bits per heavy atom. The summed E-state index contributed by atoms with van der Waals surface area (Å²) in [5.74, 6) is -0.323. The minimum absolute atomic E-state index is 0.149. The van der Waals surface area contributed by atoms with Crippen molar-refractivity contribution in [2.75, 3.05) is 6.61 Å². The number of aryl methyl sites for hydroxylation is 1. The Balaban J connectivity index is 1.70.